The number of anilines is 1. The summed E-state index contributed by atoms with van der Waals surface area (Å²) in [4.78, 5) is 26.6. The first-order valence-corrected chi connectivity index (χ1v) is 8.13. The lowest BCUT2D eigenvalue weighted by Crippen LogP contribution is -2.42. The second kappa shape index (κ2) is 6.11. The highest BCUT2D eigenvalue weighted by molar-refractivity contribution is 6.10. The molecule has 0 aliphatic carbocycles. The van der Waals surface area contributed by atoms with E-state index in [2.05, 4.69) is 5.32 Å². The number of amides is 2. The molecule has 1 aliphatic heterocycles. The van der Waals surface area contributed by atoms with E-state index in [0.29, 0.717) is 6.54 Å². The molecule has 1 heterocycles. The van der Waals surface area contributed by atoms with Gasteiger partial charge < -0.3 is 10.2 Å². The molecule has 0 spiro atoms. The first-order valence-electron chi connectivity index (χ1n) is 8.13. The normalized spacial score (nSPS) is 15.3. The van der Waals surface area contributed by atoms with Crippen LogP contribution in [-0.2, 0) is 21.5 Å². The van der Waals surface area contributed by atoms with E-state index in [0.717, 1.165) is 22.4 Å². The molecule has 4 heteroatoms. The molecular weight excluding hydrogens is 300 g/mol. The number of carbonyl (C=O) groups excluding carboxylic acids is 2. The van der Waals surface area contributed by atoms with Crippen LogP contribution in [0.15, 0.2) is 48.5 Å². The number of aryl methyl sites for hydroxylation is 1. The maximum Gasteiger partial charge on any atom is 0.240 e. The number of hydrogen-bond acceptors (Lipinski definition) is 2. The predicted molar refractivity (Wildman–Crippen MR) is 94.8 cm³/mol. The number of carbonyl (C=O) groups is 2. The zero-order chi connectivity index (χ0) is 17.3. The number of rotatable bonds is 4. The van der Waals surface area contributed by atoms with E-state index in [1.54, 1.807) is 4.90 Å². The van der Waals surface area contributed by atoms with Crippen molar-refractivity contribution in [3.05, 3.63) is 65.2 Å². The Balaban J connectivity index is 1.73. The van der Waals surface area contributed by atoms with Crippen LogP contribution < -0.4 is 10.2 Å². The molecule has 24 heavy (non-hydrogen) atoms. The van der Waals surface area contributed by atoms with E-state index in [-0.39, 0.29) is 18.4 Å². The van der Waals surface area contributed by atoms with E-state index in [9.17, 15) is 9.59 Å². The average Bonchev–Trinajstić information content (AvgIpc) is 2.75. The molecule has 0 atom stereocenters. The van der Waals surface area contributed by atoms with Crippen molar-refractivity contribution in [3.8, 4) is 0 Å². The summed E-state index contributed by atoms with van der Waals surface area (Å²) in [7, 11) is 0. The van der Waals surface area contributed by atoms with Crippen molar-refractivity contribution in [2.24, 2.45) is 0 Å². The van der Waals surface area contributed by atoms with Crippen LogP contribution in [0.3, 0.4) is 0 Å². The number of fused-ring (bicyclic) bond motifs is 1. The first kappa shape index (κ1) is 16.2. The van der Waals surface area contributed by atoms with Crippen molar-refractivity contribution in [1.82, 2.24) is 5.32 Å². The van der Waals surface area contributed by atoms with Gasteiger partial charge in [0.05, 0.1) is 5.41 Å². The van der Waals surface area contributed by atoms with Crippen molar-refractivity contribution < 1.29 is 9.59 Å². The lowest BCUT2D eigenvalue weighted by Gasteiger charge is -2.20. The van der Waals surface area contributed by atoms with Gasteiger partial charge in [-0.25, -0.2) is 0 Å². The van der Waals surface area contributed by atoms with Crippen LogP contribution in [-0.4, -0.2) is 18.4 Å². The van der Waals surface area contributed by atoms with Crippen molar-refractivity contribution in [1.29, 1.82) is 0 Å². The molecule has 3 rings (SSSR count). The zero-order valence-corrected chi connectivity index (χ0v) is 14.3. The predicted octanol–water partition coefficient (Wildman–Crippen LogP) is 2.94. The average molecular weight is 322 g/mol. The van der Waals surface area contributed by atoms with Crippen LogP contribution >= 0.6 is 0 Å². The lowest BCUT2D eigenvalue weighted by molar-refractivity contribution is -0.125. The Bertz CT molecular complexity index is 781. The third-order valence-electron chi connectivity index (χ3n) is 4.53. The standard InChI is InChI=1S/C20H22N2O2/c1-14-9-10-17-16(11-14)20(2,3)19(24)22(17)13-18(23)21-12-15-7-5-4-6-8-15/h4-11H,12-13H2,1-3H3,(H,21,23). The molecule has 0 bridgehead atoms. The minimum atomic E-state index is -0.596. The highest BCUT2D eigenvalue weighted by Crippen LogP contribution is 2.41. The second-order valence-electron chi connectivity index (χ2n) is 6.80. The summed E-state index contributed by atoms with van der Waals surface area (Å²) < 4.78 is 0. The lowest BCUT2D eigenvalue weighted by atomic mass is 9.85. The van der Waals surface area contributed by atoms with E-state index >= 15 is 0 Å². The molecule has 0 aromatic heterocycles. The topological polar surface area (TPSA) is 49.4 Å². The molecule has 1 N–H and O–H groups in total. The monoisotopic (exact) mass is 322 g/mol. The number of benzene rings is 2. The van der Waals surface area contributed by atoms with Gasteiger partial charge in [-0.3, -0.25) is 9.59 Å². The molecule has 2 aromatic carbocycles. The minimum absolute atomic E-state index is 0.0297. The molecule has 0 saturated heterocycles. The highest BCUT2D eigenvalue weighted by atomic mass is 16.2. The minimum Gasteiger partial charge on any atom is -0.350 e. The van der Waals surface area contributed by atoms with Crippen LogP contribution in [0.4, 0.5) is 5.69 Å². The Kier molecular flexibility index (Phi) is 4.14. The fraction of sp³-hybridized carbons (Fsp3) is 0.300. The number of nitrogens with zero attached hydrogens (tertiary/aromatic N) is 1. The van der Waals surface area contributed by atoms with Gasteiger partial charge in [0.25, 0.3) is 0 Å². The Morgan fingerprint density at radius 3 is 2.54 bits per heavy atom. The molecule has 0 saturated carbocycles. The number of hydrogen-bond donors (Lipinski definition) is 1. The first-order chi connectivity index (χ1) is 11.4. The Morgan fingerprint density at radius 2 is 1.83 bits per heavy atom. The van der Waals surface area contributed by atoms with Crippen molar-refractivity contribution in [2.45, 2.75) is 32.7 Å². The highest BCUT2D eigenvalue weighted by Gasteiger charge is 2.44. The van der Waals surface area contributed by atoms with Gasteiger partial charge in [-0.05, 0) is 38.0 Å². The van der Waals surface area contributed by atoms with E-state index in [4.69, 9.17) is 0 Å². The maximum atomic E-state index is 12.8. The molecular formula is C20H22N2O2. The van der Waals surface area contributed by atoms with Crippen molar-refractivity contribution in [2.75, 3.05) is 11.4 Å². The Labute approximate surface area is 142 Å². The van der Waals surface area contributed by atoms with Crippen LogP contribution in [0.5, 0.6) is 0 Å². The van der Waals surface area contributed by atoms with Crippen LogP contribution in [0.2, 0.25) is 0 Å². The van der Waals surface area contributed by atoms with Crippen molar-refractivity contribution >= 4 is 17.5 Å². The molecule has 0 unspecified atom stereocenters. The summed E-state index contributed by atoms with van der Waals surface area (Å²) in [5.74, 6) is -0.186. The fourth-order valence-corrected chi connectivity index (χ4v) is 3.10. The van der Waals surface area contributed by atoms with Gasteiger partial charge in [-0.1, -0.05) is 48.0 Å². The third kappa shape index (κ3) is 2.92. The van der Waals surface area contributed by atoms with E-state index in [1.807, 2.05) is 69.3 Å². The van der Waals surface area contributed by atoms with Gasteiger partial charge in [0.1, 0.15) is 6.54 Å². The summed E-state index contributed by atoms with van der Waals surface area (Å²) in [6, 6.07) is 15.7. The molecule has 2 amide bonds. The quantitative estimate of drug-likeness (QED) is 0.941. The third-order valence-corrected chi connectivity index (χ3v) is 4.53. The van der Waals surface area contributed by atoms with Gasteiger partial charge in [-0.2, -0.15) is 0 Å². The van der Waals surface area contributed by atoms with Crippen molar-refractivity contribution in [3.63, 3.8) is 0 Å². The summed E-state index contributed by atoms with van der Waals surface area (Å²) in [6.07, 6.45) is 0. The van der Waals surface area contributed by atoms with Gasteiger partial charge in [0, 0.05) is 12.2 Å². The van der Waals surface area contributed by atoms with E-state index in [1.165, 1.54) is 0 Å². The fourth-order valence-electron chi connectivity index (χ4n) is 3.10. The molecule has 1 aliphatic rings. The SMILES string of the molecule is Cc1ccc2c(c1)C(C)(C)C(=O)N2CC(=O)NCc1ccccc1. The largest absolute Gasteiger partial charge is 0.350 e. The van der Waals surface area contributed by atoms with Gasteiger partial charge in [-0.15, -0.1) is 0 Å². The summed E-state index contributed by atoms with van der Waals surface area (Å²) in [6.45, 7) is 6.35. The van der Waals surface area contributed by atoms with Crippen LogP contribution in [0.1, 0.15) is 30.5 Å². The van der Waals surface area contributed by atoms with Gasteiger partial charge in [0.2, 0.25) is 11.8 Å². The Hall–Kier alpha value is -2.62. The molecule has 0 fully saturated rings. The van der Waals surface area contributed by atoms with Crippen LogP contribution in [0.25, 0.3) is 0 Å². The summed E-state index contributed by atoms with van der Waals surface area (Å²) in [5, 5.41) is 2.88. The van der Waals surface area contributed by atoms with Gasteiger partial charge >= 0.3 is 0 Å². The zero-order valence-electron chi connectivity index (χ0n) is 14.3. The number of nitrogens with one attached hydrogen (secondary N) is 1. The molecule has 2 aromatic rings. The smallest absolute Gasteiger partial charge is 0.240 e. The van der Waals surface area contributed by atoms with Gasteiger partial charge in [0.15, 0.2) is 0 Å². The summed E-state index contributed by atoms with van der Waals surface area (Å²) in [5.41, 5.74) is 3.38. The second-order valence-corrected chi connectivity index (χ2v) is 6.80. The molecule has 124 valence electrons. The molecule has 0 radical (unpaired) electrons. The summed E-state index contributed by atoms with van der Waals surface area (Å²) >= 11 is 0. The van der Waals surface area contributed by atoms with Crippen LogP contribution in [0, 0.1) is 6.92 Å². The Morgan fingerprint density at radius 1 is 1.12 bits per heavy atom. The maximum absolute atomic E-state index is 12.8. The van der Waals surface area contributed by atoms with E-state index < -0.39 is 5.41 Å². The molecule has 4 nitrogen and oxygen atoms in total.